The molecule has 0 fully saturated rings. The van der Waals surface area contributed by atoms with E-state index in [0.717, 1.165) is 11.5 Å². The molecule has 1 aromatic carbocycles. The first-order valence-electron chi connectivity index (χ1n) is 6.33. The highest BCUT2D eigenvalue weighted by Crippen LogP contribution is 2.40. The van der Waals surface area contributed by atoms with Crippen molar-refractivity contribution < 1.29 is 4.74 Å². The highest BCUT2D eigenvalue weighted by atomic mass is 16.5. The monoisotopic (exact) mass is 243 g/mol. The van der Waals surface area contributed by atoms with E-state index in [4.69, 9.17) is 4.74 Å². The highest BCUT2D eigenvalue weighted by Gasteiger charge is 2.45. The van der Waals surface area contributed by atoms with Crippen molar-refractivity contribution in [2.75, 3.05) is 0 Å². The fourth-order valence-electron chi connectivity index (χ4n) is 2.16. The van der Waals surface area contributed by atoms with Gasteiger partial charge in [-0.2, -0.15) is 0 Å². The minimum Gasteiger partial charge on any atom is -0.467 e. The SMILES string of the molecule is C=CC1N=C(C(C)(C)C)OC1(C)c1ccccc1. The van der Waals surface area contributed by atoms with E-state index in [1.807, 2.05) is 24.3 Å². The lowest BCUT2D eigenvalue weighted by molar-refractivity contribution is 0.0752. The lowest BCUT2D eigenvalue weighted by Crippen LogP contribution is -2.34. The van der Waals surface area contributed by atoms with E-state index < -0.39 is 5.60 Å². The molecule has 1 aliphatic rings. The summed E-state index contributed by atoms with van der Waals surface area (Å²) in [4.78, 5) is 4.68. The molecule has 2 heteroatoms. The molecular weight excluding hydrogens is 222 g/mol. The number of rotatable bonds is 2. The molecule has 0 radical (unpaired) electrons. The van der Waals surface area contributed by atoms with Crippen LogP contribution in [0.4, 0.5) is 0 Å². The average Bonchev–Trinajstić information content (AvgIpc) is 2.69. The smallest absolute Gasteiger partial charge is 0.190 e. The largest absolute Gasteiger partial charge is 0.467 e. The zero-order chi connectivity index (χ0) is 13.4. The molecule has 2 nitrogen and oxygen atoms in total. The number of ether oxygens (including phenoxy) is 1. The van der Waals surface area contributed by atoms with Crippen LogP contribution in [0.25, 0.3) is 0 Å². The van der Waals surface area contributed by atoms with Gasteiger partial charge in [0.25, 0.3) is 0 Å². The molecule has 1 aromatic rings. The predicted octanol–water partition coefficient (Wildman–Crippen LogP) is 3.93. The Labute approximate surface area is 109 Å². The Kier molecular flexibility index (Phi) is 3.05. The number of aliphatic imine (C=N–C) groups is 1. The van der Waals surface area contributed by atoms with Gasteiger partial charge in [-0.05, 0) is 12.5 Å². The van der Waals surface area contributed by atoms with Gasteiger partial charge in [0.1, 0.15) is 6.04 Å². The van der Waals surface area contributed by atoms with Gasteiger partial charge >= 0.3 is 0 Å². The molecule has 0 aromatic heterocycles. The second-order valence-electron chi connectivity index (χ2n) is 5.94. The van der Waals surface area contributed by atoms with Crippen LogP contribution in [0.15, 0.2) is 48.0 Å². The fourth-order valence-corrected chi connectivity index (χ4v) is 2.16. The van der Waals surface area contributed by atoms with Crippen molar-refractivity contribution in [1.29, 1.82) is 0 Å². The summed E-state index contributed by atoms with van der Waals surface area (Å²) >= 11 is 0. The van der Waals surface area contributed by atoms with E-state index in [1.54, 1.807) is 0 Å². The Bertz CT molecular complexity index is 470. The van der Waals surface area contributed by atoms with E-state index >= 15 is 0 Å². The molecule has 0 amide bonds. The molecule has 96 valence electrons. The van der Waals surface area contributed by atoms with Crippen LogP contribution < -0.4 is 0 Å². The lowest BCUT2D eigenvalue weighted by Gasteiger charge is -2.30. The van der Waals surface area contributed by atoms with Gasteiger partial charge in [-0.1, -0.05) is 57.2 Å². The Morgan fingerprint density at radius 1 is 1.28 bits per heavy atom. The van der Waals surface area contributed by atoms with E-state index in [1.165, 1.54) is 0 Å². The maximum atomic E-state index is 6.18. The standard InChI is InChI=1S/C16H21NO/c1-6-13-16(5,12-10-8-7-9-11-12)18-14(17-13)15(2,3)4/h6-11,13H,1H2,2-5H3. The maximum absolute atomic E-state index is 6.18. The zero-order valence-electron chi connectivity index (χ0n) is 11.6. The van der Waals surface area contributed by atoms with Crippen molar-refractivity contribution in [2.24, 2.45) is 10.4 Å². The Morgan fingerprint density at radius 2 is 1.89 bits per heavy atom. The maximum Gasteiger partial charge on any atom is 0.190 e. The second kappa shape index (κ2) is 4.27. The van der Waals surface area contributed by atoms with Gasteiger partial charge in [0.2, 0.25) is 0 Å². The van der Waals surface area contributed by atoms with Gasteiger partial charge in [-0.3, -0.25) is 0 Å². The first-order chi connectivity index (χ1) is 8.38. The summed E-state index contributed by atoms with van der Waals surface area (Å²) in [6.45, 7) is 12.3. The van der Waals surface area contributed by atoms with E-state index in [0.29, 0.717) is 0 Å². The van der Waals surface area contributed by atoms with Crippen molar-refractivity contribution >= 4 is 5.90 Å². The first kappa shape index (κ1) is 12.9. The summed E-state index contributed by atoms with van der Waals surface area (Å²) in [5.74, 6) is 0.804. The van der Waals surface area contributed by atoms with Crippen LogP contribution >= 0.6 is 0 Å². The van der Waals surface area contributed by atoms with Crippen molar-refractivity contribution in [3.63, 3.8) is 0 Å². The van der Waals surface area contributed by atoms with Crippen LogP contribution in [0.1, 0.15) is 33.3 Å². The summed E-state index contributed by atoms with van der Waals surface area (Å²) < 4.78 is 6.18. The van der Waals surface area contributed by atoms with Gasteiger partial charge < -0.3 is 4.74 Å². The number of benzene rings is 1. The van der Waals surface area contributed by atoms with Crippen molar-refractivity contribution in [3.8, 4) is 0 Å². The molecule has 1 heterocycles. The molecule has 0 spiro atoms. The molecule has 0 bridgehead atoms. The van der Waals surface area contributed by atoms with Crippen molar-refractivity contribution in [3.05, 3.63) is 48.6 Å². The molecule has 2 unspecified atom stereocenters. The molecular formula is C16H21NO. The normalized spacial score (nSPS) is 27.6. The molecule has 0 N–H and O–H groups in total. The number of nitrogens with zero attached hydrogens (tertiary/aromatic N) is 1. The third-order valence-corrected chi connectivity index (χ3v) is 3.34. The Morgan fingerprint density at radius 3 is 2.39 bits per heavy atom. The quantitative estimate of drug-likeness (QED) is 0.721. The topological polar surface area (TPSA) is 21.6 Å². The van der Waals surface area contributed by atoms with Gasteiger partial charge in [0.15, 0.2) is 11.5 Å². The van der Waals surface area contributed by atoms with E-state index in [2.05, 4.69) is 51.4 Å². The van der Waals surface area contributed by atoms with Crippen LogP contribution in [0.2, 0.25) is 0 Å². The third-order valence-electron chi connectivity index (χ3n) is 3.34. The van der Waals surface area contributed by atoms with E-state index in [-0.39, 0.29) is 11.5 Å². The van der Waals surface area contributed by atoms with Crippen molar-refractivity contribution in [2.45, 2.75) is 39.3 Å². The molecule has 2 rings (SSSR count). The van der Waals surface area contributed by atoms with Crippen LogP contribution in [0.3, 0.4) is 0 Å². The highest BCUT2D eigenvalue weighted by molar-refractivity contribution is 5.84. The lowest BCUT2D eigenvalue weighted by atomic mass is 9.89. The van der Waals surface area contributed by atoms with Crippen LogP contribution in [0, 0.1) is 5.41 Å². The zero-order valence-corrected chi connectivity index (χ0v) is 11.6. The Balaban J connectivity index is 2.40. The van der Waals surface area contributed by atoms with Gasteiger partial charge in [-0.25, -0.2) is 4.99 Å². The van der Waals surface area contributed by atoms with Gasteiger partial charge in [-0.15, -0.1) is 6.58 Å². The minimum absolute atomic E-state index is 0.0332. The minimum atomic E-state index is -0.439. The summed E-state index contributed by atoms with van der Waals surface area (Å²) in [6, 6.07) is 10.2. The summed E-state index contributed by atoms with van der Waals surface area (Å²) in [5.41, 5.74) is 0.622. The molecule has 0 saturated carbocycles. The molecule has 18 heavy (non-hydrogen) atoms. The second-order valence-corrected chi connectivity index (χ2v) is 5.94. The molecule has 0 saturated heterocycles. The Hall–Kier alpha value is -1.57. The van der Waals surface area contributed by atoms with Crippen LogP contribution in [-0.4, -0.2) is 11.9 Å². The molecule has 1 aliphatic heterocycles. The first-order valence-corrected chi connectivity index (χ1v) is 6.33. The fraction of sp³-hybridized carbons (Fsp3) is 0.438. The average molecular weight is 243 g/mol. The summed E-state index contributed by atoms with van der Waals surface area (Å²) in [7, 11) is 0. The van der Waals surface area contributed by atoms with Gasteiger partial charge in [0.05, 0.1) is 0 Å². The summed E-state index contributed by atoms with van der Waals surface area (Å²) in [6.07, 6.45) is 1.87. The predicted molar refractivity (Wildman–Crippen MR) is 75.8 cm³/mol. The number of hydrogen-bond acceptors (Lipinski definition) is 2. The third kappa shape index (κ3) is 2.07. The van der Waals surface area contributed by atoms with Crippen LogP contribution in [0.5, 0.6) is 0 Å². The summed E-state index contributed by atoms with van der Waals surface area (Å²) in [5, 5.41) is 0. The van der Waals surface area contributed by atoms with Crippen molar-refractivity contribution in [1.82, 2.24) is 0 Å². The molecule has 2 atom stereocenters. The molecule has 0 aliphatic carbocycles. The van der Waals surface area contributed by atoms with Crippen LogP contribution in [-0.2, 0) is 10.3 Å². The van der Waals surface area contributed by atoms with Gasteiger partial charge in [0, 0.05) is 5.41 Å². The van der Waals surface area contributed by atoms with E-state index in [9.17, 15) is 0 Å². The number of hydrogen-bond donors (Lipinski definition) is 0.